The molecule has 7 amide bonds. The van der Waals surface area contributed by atoms with Crippen molar-refractivity contribution in [1.29, 1.82) is 0 Å². The number of piperidine rings is 1. The number of amides is 7. The van der Waals surface area contributed by atoms with Gasteiger partial charge in [-0.3, -0.25) is 43.8 Å². The van der Waals surface area contributed by atoms with Crippen LogP contribution in [0.5, 0.6) is 0 Å². The Bertz CT molecular complexity index is 3400. The SMILES string of the molecule is CO[C@@H]1[C@H](N(C)C(=O)CCOCCOCCOCCC(=O)N2CCN(c3cccc4c3C(=O)N(C3CCC(=O)NC3=O)C4=O)CC2)C[C@H]2O[C@]1(C)n1c3ccccc3c3c4c(c5c6ccccc6n2c5c31)C(=O)NC4. The van der Waals surface area contributed by atoms with Crippen LogP contribution in [0.2, 0.25) is 0 Å². The Kier molecular flexibility index (Phi) is 12.4. The van der Waals surface area contributed by atoms with Gasteiger partial charge in [0.15, 0.2) is 5.72 Å². The van der Waals surface area contributed by atoms with Crippen molar-refractivity contribution in [2.45, 2.75) is 75.7 Å². The summed E-state index contributed by atoms with van der Waals surface area (Å²) in [5, 5.41) is 9.28. The van der Waals surface area contributed by atoms with Gasteiger partial charge in [-0.25, -0.2) is 0 Å². The molecule has 2 aromatic heterocycles. The van der Waals surface area contributed by atoms with Gasteiger partial charge in [0, 0.05) is 81.3 Å². The first-order valence-corrected chi connectivity index (χ1v) is 25.8. The van der Waals surface area contributed by atoms with E-state index in [1.165, 1.54) is 0 Å². The van der Waals surface area contributed by atoms with Crippen molar-refractivity contribution < 1.29 is 57.2 Å². The molecule has 390 valence electrons. The second-order valence-corrected chi connectivity index (χ2v) is 20.2. The maximum absolute atomic E-state index is 14.1. The number of aromatic nitrogens is 2. The van der Waals surface area contributed by atoms with Crippen LogP contribution in [0.4, 0.5) is 5.69 Å². The van der Waals surface area contributed by atoms with E-state index >= 15 is 0 Å². The third-order valence-electron chi connectivity index (χ3n) is 16.2. The summed E-state index contributed by atoms with van der Waals surface area (Å²) in [6.45, 7) is 5.78. The summed E-state index contributed by atoms with van der Waals surface area (Å²) < 4.78 is 35.5. The minimum atomic E-state index is -1.06. The molecule has 1 unspecified atom stereocenters. The number of imide groups is 2. The smallest absolute Gasteiger partial charge is 0.264 e. The molecule has 20 nitrogen and oxygen atoms in total. The number of fused-ring (bicyclic) bond motifs is 14. The minimum Gasteiger partial charge on any atom is -0.379 e. The number of piperazine rings is 1. The fourth-order valence-corrected chi connectivity index (χ4v) is 12.7. The molecule has 0 radical (unpaired) electrons. The lowest BCUT2D eigenvalue weighted by Crippen LogP contribution is -2.61. The van der Waals surface area contributed by atoms with E-state index in [4.69, 9.17) is 23.7 Å². The van der Waals surface area contributed by atoms with Crippen molar-refractivity contribution in [2.24, 2.45) is 0 Å². The molecule has 6 aliphatic heterocycles. The van der Waals surface area contributed by atoms with Crippen molar-refractivity contribution >= 4 is 90.6 Å². The Morgan fingerprint density at radius 2 is 1.45 bits per heavy atom. The van der Waals surface area contributed by atoms with Crippen molar-refractivity contribution in [3.8, 4) is 0 Å². The van der Waals surface area contributed by atoms with Crippen LogP contribution in [0.25, 0.3) is 43.6 Å². The number of hydrogen-bond donors (Lipinski definition) is 2. The summed E-state index contributed by atoms with van der Waals surface area (Å²) >= 11 is 0. The summed E-state index contributed by atoms with van der Waals surface area (Å²) in [6, 6.07) is 20.0. The van der Waals surface area contributed by atoms with E-state index in [0.717, 1.165) is 54.1 Å². The van der Waals surface area contributed by atoms with E-state index in [-0.39, 0.29) is 81.0 Å². The molecular formula is C55H58N8O12. The maximum Gasteiger partial charge on any atom is 0.264 e. The first-order valence-electron chi connectivity index (χ1n) is 25.8. The van der Waals surface area contributed by atoms with Gasteiger partial charge < -0.3 is 52.8 Å². The fraction of sp³-hybridized carbons (Fsp3) is 0.436. The van der Waals surface area contributed by atoms with Gasteiger partial charge in [0.25, 0.3) is 17.7 Å². The van der Waals surface area contributed by atoms with Gasteiger partial charge in [0.05, 0.1) is 103 Å². The summed E-state index contributed by atoms with van der Waals surface area (Å²) in [6.07, 6.45) is -0.162. The molecule has 6 aliphatic rings. The Morgan fingerprint density at radius 3 is 2.17 bits per heavy atom. The zero-order valence-electron chi connectivity index (χ0n) is 42.1. The van der Waals surface area contributed by atoms with Gasteiger partial charge in [-0.15, -0.1) is 0 Å². The van der Waals surface area contributed by atoms with Gasteiger partial charge in [-0.2, -0.15) is 0 Å². The number of carbonyl (C=O) groups excluding carboxylic acids is 7. The third kappa shape index (κ3) is 7.78. The van der Waals surface area contributed by atoms with Crippen LogP contribution < -0.4 is 15.5 Å². The first-order chi connectivity index (χ1) is 36.4. The summed E-state index contributed by atoms with van der Waals surface area (Å²) in [5.41, 5.74) is 5.48. The molecule has 5 atom stereocenters. The fourth-order valence-electron chi connectivity index (χ4n) is 12.7. The van der Waals surface area contributed by atoms with Crippen LogP contribution in [-0.2, 0) is 55.1 Å². The minimum absolute atomic E-state index is 0.0420. The van der Waals surface area contributed by atoms with E-state index in [1.54, 1.807) is 35.1 Å². The molecule has 4 aromatic carbocycles. The van der Waals surface area contributed by atoms with Crippen LogP contribution >= 0.6 is 0 Å². The van der Waals surface area contributed by atoms with Gasteiger partial charge in [-0.1, -0.05) is 42.5 Å². The lowest BCUT2D eigenvalue weighted by atomic mass is 9.91. The summed E-state index contributed by atoms with van der Waals surface area (Å²) in [7, 11) is 3.49. The van der Waals surface area contributed by atoms with Crippen molar-refractivity contribution in [3.63, 3.8) is 0 Å². The van der Waals surface area contributed by atoms with Crippen LogP contribution in [-0.4, -0.2) is 163 Å². The molecular weight excluding hydrogens is 965 g/mol. The molecule has 0 saturated carbocycles. The van der Waals surface area contributed by atoms with Crippen LogP contribution in [0.1, 0.15) is 81.9 Å². The van der Waals surface area contributed by atoms with Gasteiger partial charge in [0.1, 0.15) is 18.4 Å². The standard InChI is InChI=1S/C55H58N8O12/c1-55-50(71-3)39(29-43(75-55)61-35-12-6-4-9-31(35)46-47-34(30-56-52(47)68)44-32-10-5-7-13-36(32)63(55)49(44)48(46)61)58(2)41(65)17-23-72-25-27-74-28-26-73-24-18-42(66)60-21-19-59(20-22-60)37-14-8-11-33-45(37)54(70)62(53(33)69)38-15-16-40(64)57-51(38)67/h4-14,38-39,43,50H,15-30H2,1-3H3,(H,56,68)(H,57,64,67)/t38?,39-,43-,50-,55+/m1/s1. The number of rotatable bonds is 16. The van der Waals surface area contributed by atoms with E-state index in [2.05, 4.69) is 51.0 Å². The van der Waals surface area contributed by atoms with Crippen LogP contribution in [0, 0.1) is 0 Å². The number of anilines is 1. The second-order valence-electron chi connectivity index (χ2n) is 20.2. The van der Waals surface area contributed by atoms with E-state index in [9.17, 15) is 33.6 Å². The highest BCUT2D eigenvalue weighted by Gasteiger charge is 2.55. The molecule has 6 aromatic rings. The molecule has 2 N–H and O–H groups in total. The highest BCUT2D eigenvalue weighted by molar-refractivity contribution is 6.31. The monoisotopic (exact) mass is 1020 g/mol. The predicted octanol–water partition coefficient (Wildman–Crippen LogP) is 4.17. The maximum atomic E-state index is 14.1. The van der Waals surface area contributed by atoms with E-state index in [0.29, 0.717) is 63.6 Å². The Balaban J connectivity index is 0.605. The largest absolute Gasteiger partial charge is 0.379 e. The zero-order chi connectivity index (χ0) is 51.9. The Hall–Kier alpha value is -7.23. The van der Waals surface area contributed by atoms with Crippen molar-refractivity contribution in [3.05, 3.63) is 89.0 Å². The number of ether oxygens (including phenoxy) is 5. The molecule has 12 rings (SSSR count). The van der Waals surface area contributed by atoms with Gasteiger partial charge >= 0.3 is 0 Å². The normalized spacial score (nSPS) is 23.2. The summed E-state index contributed by atoms with van der Waals surface area (Å²) in [4.78, 5) is 98.5. The number of nitrogens with one attached hydrogen (secondary N) is 2. The van der Waals surface area contributed by atoms with Gasteiger partial charge in [0.2, 0.25) is 23.6 Å². The number of carbonyl (C=O) groups is 7. The molecule has 20 heteroatoms. The first kappa shape index (κ1) is 48.7. The average molecular weight is 1020 g/mol. The van der Waals surface area contributed by atoms with Crippen molar-refractivity contribution in [1.82, 2.24) is 34.5 Å². The highest BCUT2D eigenvalue weighted by atomic mass is 16.6. The van der Waals surface area contributed by atoms with E-state index in [1.807, 2.05) is 36.2 Å². The number of benzene rings is 4. The molecule has 0 spiro atoms. The molecule has 3 fully saturated rings. The lowest BCUT2D eigenvalue weighted by molar-refractivity contribution is -0.266. The van der Waals surface area contributed by atoms with Crippen LogP contribution in [0.15, 0.2) is 66.7 Å². The van der Waals surface area contributed by atoms with Crippen LogP contribution in [0.3, 0.4) is 0 Å². The topological polar surface area (TPSA) is 213 Å². The van der Waals surface area contributed by atoms with Crippen molar-refractivity contribution in [2.75, 3.05) is 84.9 Å². The highest BCUT2D eigenvalue weighted by Crippen LogP contribution is 2.54. The molecule has 75 heavy (non-hydrogen) atoms. The third-order valence-corrected chi connectivity index (χ3v) is 16.2. The summed E-state index contributed by atoms with van der Waals surface area (Å²) in [5.74, 6) is -2.45. The van der Waals surface area contributed by atoms with E-state index < -0.39 is 53.8 Å². The average Bonchev–Trinajstić information content (AvgIpc) is 4.21. The Labute approximate surface area is 430 Å². The number of nitrogens with zero attached hydrogens (tertiary/aromatic N) is 6. The lowest BCUT2D eigenvalue weighted by Gasteiger charge is -2.50. The molecule has 3 saturated heterocycles. The molecule has 2 bridgehead atoms. The molecule has 0 aliphatic carbocycles. The number of hydrogen-bond acceptors (Lipinski definition) is 13. The quantitative estimate of drug-likeness (QED) is 0.103. The predicted molar refractivity (Wildman–Crippen MR) is 273 cm³/mol. The van der Waals surface area contributed by atoms with Gasteiger partial charge in [-0.05, 0) is 43.2 Å². The second kappa shape index (κ2) is 19.2. The zero-order valence-corrected chi connectivity index (χ0v) is 42.1. The number of para-hydroxylation sites is 2. The number of methoxy groups -OCH3 is 1. The number of likely N-dealkylation sites (N-methyl/N-ethyl adjacent to an activating group) is 1. The Morgan fingerprint density at radius 1 is 0.773 bits per heavy atom. The molecule has 8 heterocycles.